The molecule has 25 heavy (non-hydrogen) atoms. The first-order valence-electron chi connectivity index (χ1n) is 7.62. The second-order valence-electron chi connectivity index (χ2n) is 4.95. The van der Waals surface area contributed by atoms with E-state index in [2.05, 4.69) is 20.9 Å². The number of nitrogens with zero attached hydrogens (tertiary/aromatic N) is 1. The molecular formula is C14H24N4O7. The van der Waals surface area contributed by atoms with Gasteiger partial charge in [0.15, 0.2) is 0 Å². The van der Waals surface area contributed by atoms with Crippen LogP contribution >= 0.6 is 0 Å². The molecule has 142 valence electrons. The molecule has 0 spiro atoms. The molecule has 0 aromatic heterocycles. The minimum absolute atomic E-state index is 0.133. The van der Waals surface area contributed by atoms with Crippen LogP contribution in [-0.4, -0.2) is 64.4 Å². The number of ether oxygens (including phenoxy) is 3. The number of amides is 3. The van der Waals surface area contributed by atoms with Crippen molar-refractivity contribution in [2.75, 3.05) is 40.1 Å². The summed E-state index contributed by atoms with van der Waals surface area (Å²) in [7, 11) is 1.40. The monoisotopic (exact) mass is 360 g/mol. The van der Waals surface area contributed by atoms with E-state index < -0.39 is 23.7 Å². The summed E-state index contributed by atoms with van der Waals surface area (Å²) >= 11 is 0. The number of alkyl carbamates (subject to hydrolysis) is 3. The van der Waals surface area contributed by atoms with Gasteiger partial charge in [0.1, 0.15) is 26.5 Å². The Labute approximate surface area is 145 Å². The number of aliphatic imine (C=N–C) groups is 1. The summed E-state index contributed by atoms with van der Waals surface area (Å²) < 4.78 is 15.2. The first-order valence-corrected chi connectivity index (χ1v) is 7.62. The average Bonchev–Trinajstić information content (AvgIpc) is 2.61. The highest BCUT2D eigenvalue weighted by Gasteiger charge is 2.34. The minimum atomic E-state index is -0.928. The molecule has 0 saturated carbocycles. The predicted molar refractivity (Wildman–Crippen MR) is 85.6 cm³/mol. The van der Waals surface area contributed by atoms with E-state index in [1.54, 1.807) is 13.8 Å². The molecule has 11 nitrogen and oxygen atoms in total. The van der Waals surface area contributed by atoms with Gasteiger partial charge in [0, 0.05) is 13.6 Å². The second kappa shape index (κ2) is 12.6. The van der Waals surface area contributed by atoms with Crippen molar-refractivity contribution in [1.82, 2.24) is 16.0 Å². The third-order valence-corrected chi connectivity index (χ3v) is 3.17. The zero-order valence-corrected chi connectivity index (χ0v) is 14.5. The zero-order valence-electron chi connectivity index (χ0n) is 14.5. The number of hydrogen-bond donors (Lipinski definition) is 3. The Bertz CT molecular complexity index is 494. The number of carbonyl (C=O) groups is 3. The van der Waals surface area contributed by atoms with Gasteiger partial charge in [-0.3, -0.25) is 0 Å². The molecule has 0 radical (unpaired) electrons. The van der Waals surface area contributed by atoms with Crippen LogP contribution in [0.5, 0.6) is 0 Å². The fourth-order valence-electron chi connectivity index (χ4n) is 1.54. The van der Waals surface area contributed by atoms with Crippen LogP contribution in [0, 0.1) is 5.41 Å². The third-order valence-electron chi connectivity index (χ3n) is 3.17. The van der Waals surface area contributed by atoms with Crippen LogP contribution in [0.2, 0.25) is 0 Å². The SMILES string of the molecule is CCNC(=O)OCC(CC)(COC(=O)NC)COC(=O)NCN=C=O. The van der Waals surface area contributed by atoms with E-state index in [-0.39, 0.29) is 26.5 Å². The third kappa shape index (κ3) is 9.82. The molecule has 0 heterocycles. The molecular weight excluding hydrogens is 336 g/mol. The van der Waals surface area contributed by atoms with E-state index >= 15 is 0 Å². The number of hydrogen-bond acceptors (Lipinski definition) is 8. The largest absolute Gasteiger partial charge is 0.449 e. The van der Waals surface area contributed by atoms with Crippen LogP contribution in [0.4, 0.5) is 14.4 Å². The van der Waals surface area contributed by atoms with Crippen LogP contribution in [-0.2, 0) is 19.0 Å². The Hall–Kier alpha value is -2.81. The van der Waals surface area contributed by atoms with Crippen LogP contribution in [0.1, 0.15) is 20.3 Å². The molecule has 1 unspecified atom stereocenters. The van der Waals surface area contributed by atoms with Crippen molar-refractivity contribution in [2.45, 2.75) is 20.3 Å². The molecule has 11 heteroatoms. The summed E-state index contributed by atoms with van der Waals surface area (Å²) in [6, 6.07) is 0. The van der Waals surface area contributed by atoms with E-state index in [0.717, 1.165) is 0 Å². The van der Waals surface area contributed by atoms with Gasteiger partial charge in [0.2, 0.25) is 6.08 Å². The molecule has 3 amide bonds. The van der Waals surface area contributed by atoms with Crippen LogP contribution in [0.25, 0.3) is 0 Å². The average molecular weight is 360 g/mol. The van der Waals surface area contributed by atoms with Crippen molar-refractivity contribution < 1.29 is 33.4 Å². The lowest BCUT2D eigenvalue weighted by atomic mass is 9.88. The van der Waals surface area contributed by atoms with Gasteiger partial charge in [-0.1, -0.05) is 6.92 Å². The topological polar surface area (TPSA) is 144 Å². The second-order valence-corrected chi connectivity index (χ2v) is 4.95. The summed E-state index contributed by atoms with van der Waals surface area (Å²) in [6.07, 6.45) is -0.466. The Balaban J connectivity index is 4.81. The number of nitrogens with one attached hydrogen (secondary N) is 3. The van der Waals surface area contributed by atoms with Crippen molar-refractivity contribution in [3.8, 4) is 0 Å². The van der Waals surface area contributed by atoms with Crippen molar-refractivity contribution in [3.05, 3.63) is 0 Å². The summed E-state index contributed by atoms with van der Waals surface area (Å²) in [5, 5.41) is 6.97. The summed E-state index contributed by atoms with van der Waals surface area (Å²) in [6.45, 7) is 3.17. The molecule has 3 N–H and O–H groups in total. The van der Waals surface area contributed by atoms with Gasteiger partial charge in [-0.2, -0.15) is 4.99 Å². The summed E-state index contributed by atoms with van der Waals surface area (Å²) in [5.41, 5.74) is -0.928. The molecule has 0 saturated heterocycles. The Morgan fingerprint density at radius 2 is 1.48 bits per heavy atom. The van der Waals surface area contributed by atoms with Crippen molar-refractivity contribution in [2.24, 2.45) is 10.4 Å². The lowest BCUT2D eigenvalue weighted by Gasteiger charge is -2.30. The lowest BCUT2D eigenvalue weighted by molar-refractivity contribution is -0.0171. The molecule has 0 bridgehead atoms. The molecule has 0 aliphatic carbocycles. The molecule has 1 atom stereocenters. The maximum absolute atomic E-state index is 11.6. The predicted octanol–water partition coefficient (Wildman–Crippen LogP) is 0.504. The highest BCUT2D eigenvalue weighted by atomic mass is 16.6. The Morgan fingerprint density at radius 1 is 0.960 bits per heavy atom. The van der Waals surface area contributed by atoms with Crippen molar-refractivity contribution in [1.29, 1.82) is 0 Å². The Morgan fingerprint density at radius 3 is 1.92 bits per heavy atom. The lowest BCUT2D eigenvalue weighted by Crippen LogP contribution is -2.42. The standard InChI is InChI=1S/C14H24N4O7/c1-4-14(6-23-11(20)15-3,7-24-12(21)17-5-2)8-25-13(22)18-9-16-10-19/h4-9H2,1-3H3,(H,15,20)(H,17,21)(H,18,22). The van der Waals surface area contributed by atoms with Crippen LogP contribution in [0.3, 0.4) is 0 Å². The Kier molecular flexibility index (Phi) is 11.2. The van der Waals surface area contributed by atoms with E-state index in [9.17, 15) is 19.2 Å². The van der Waals surface area contributed by atoms with Crippen molar-refractivity contribution >= 4 is 24.4 Å². The smallest absolute Gasteiger partial charge is 0.408 e. The molecule has 0 aromatic carbocycles. The number of isocyanates is 1. The van der Waals surface area contributed by atoms with E-state index in [4.69, 9.17) is 14.2 Å². The number of rotatable bonds is 10. The van der Waals surface area contributed by atoms with Crippen LogP contribution in [0.15, 0.2) is 4.99 Å². The van der Waals surface area contributed by atoms with Crippen LogP contribution < -0.4 is 16.0 Å². The van der Waals surface area contributed by atoms with E-state index in [0.29, 0.717) is 13.0 Å². The van der Waals surface area contributed by atoms with E-state index in [1.807, 2.05) is 0 Å². The van der Waals surface area contributed by atoms with Gasteiger partial charge in [0.05, 0.1) is 5.41 Å². The van der Waals surface area contributed by atoms with Gasteiger partial charge < -0.3 is 30.2 Å². The van der Waals surface area contributed by atoms with Crippen molar-refractivity contribution in [3.63, 3.8) is 0 Å². The molecule has 0 aliphatic heterocycles. The fourth-order valence-corrected chi connectivity index (χ4v) is 1.54. The highest BCUT2D eigenvalue weighted by molar-refractivity contribution is 5.68. The molecule has 0 aromatic rings. The first-order chi connectivity index (χ1) is 11.9. The van der Waals surface area contributed by atoms with Gasteiger partial charge in [0.25, 0.3) is 0 Å². The highest BCUT2D eigenvalue weighted by Crippen LogP contribution is 2.24. The molecule has 0 aliphatic rings. The summed E-state index contributed by atoms with van der Waals surface area (Å²) in [5.74, 6) is 0. The fraction of sp³-hybridized carbons (Fsp3) is 0.714. The number of carbonyl (C=O) groups excluding carboxylic acids is 4. The molecule has 0 fully saturated rings. The minimum Gasteiger partial charge on any atom is -0.449 e. The van der Waals surface area contributed by atoms with Gasteiger partial charge in [-0.05, 0) is 13.3 Å². The first kappa shape index (κ1) is 22.2. The normalized spacial score (nSPS) is 12.0. The maximum Gasteiger partial charge on any atom is 0.408 e. The van der Waals surface area contributed by atoms with E-state index in [1.165, 1.54) is 13.1 Å². The van der Waals surface area contributed by atoms with Gasteiger partial charge in [-0.15, -0.1) is 0 Å². The zero-order chi connectivity index (χ0) is 19.1. The van der Waals surface area contributed by atoms with Gasteiger partial charge in [-0.25, -0.2) is 19.2 Å². The molecule has 0 rings (SSSR count). The van der Waals surface area contributed by atoms with Gasteiger partial charge >= 0.3 is 18.3 Å². The maximum atomic E-state index is 11.6. The summed E-state index contributed by atoms with van der Waals surface area (Å²) in [4.78, 5) is 47.4. The quantitative estimate of drug-likeness (QED) is 0.292.